The topological polar surface area (TPSA) is 42.4 Å². The van der Waals surface area contributed by atoms with E-state index in [2.05, 4.69) is 4.98 Å². The summed E-state index contributed by atoms with van der Waals surface area (Å²) in [4.78, 5) is 4.44. The Hall–Kier alpha value is -1.94. The molecule has 3 nitrogen and oxygen atoms in total. The van der Waals surface area contributed by atoms with Crippen molar-refractivity contribution in [2.24, 2.45) is 0 Å². The number of benzene rings is 1. The highest BCUT2D eigenvalue weighted by atomic mass is 19.1. The van der Waals surface area contributed by atoms with E-state index in [9.17, 15) is 9.50 Å². The zero-order valence-electron chi connectivity index (χ0n) is 12.8. The van der Waals surface area contributed by atoms with Crippen molar-refractivity contribution in [3.05, 3.63) is 52.6 Å². The molecule has 0 saturated carbocycles. The lowest BCUT2D eigenvalue weighted by Crippen LogP contribution is -2.01. The average molecular weight is 289 g/mol. The van der Waals surface area contributed by atoms with Crippen molar-refractivity contribution in [2.75, 3.05) is 0 Å². The summed E-state index contributed by atoms with van der Waals surface area (Å²) in [5.74, 6) is 0.747. The summed E-state index contributed by atoms with van der Waals surface area (Å²) < 4.78 is 19.6. The SMILES string of the molecule is CCc1nc(C)ccc1Oc1cc(C)c(F)cc1[C@H](C)O. The molecule has 1 N–H and O–H groups in total. The van der Waals surface area contributed by atoms with Crippen LogP contribution in [0.1, 0.15) is 42.5 Å². The second-order valence-corrected chi connectivity index (χ2v) is 5.17. The van der Waals surface area contributed by atoms with Crippen LogP contribution in [0.3, 0.4) is 0 Å². The number of aromatic nitrogens is 1. The molecule has 0 bridgehead atoms. The van der Waals surface area contributed by atoms with Gasteiger partial charge in [0, 0.05) is 11.3 Å². The summed E-state index contributed by atoms with van der Waals surface area (Å²) in [6.45, 7) is 7.18. The summed E-state index contributed by atoms with van der Waals surface area (Å²) in [6, 6.07) is 6.65. The number of pyridine rings is 1. The van der Waals surface area contributed by atoms with Gasteiger partial charge in [0.05, 0.1) is 11.8 Å². The summed E-state index contributed by atoms with van der Waals surface area (Å²) >= 11 is 0. The van der Waals surface area contributed by atoms with Gasteiger partial charge in [-0.1, -0.05) is 6.92 Å². The minimum atomic E-state index is -0.807. The molecule has 1 heterocycles. The van der Waals surface area contributed by atoms with E-state index < -0.39 is 6.10 Å². The lowest BCUT2D eigenvalue weighted by molar-refractivity contribution is 0.195. The van der Waals surface area contributed by atoms with Gasteiger partial charge in [-0.3, -0.25) is 4.98 Å². The molecule has 0 fully saturated rings. The number of rotatable bonds is 4. The van der Waals surface area contributed by atoms with Crippen molar-refractivity contribution < 1.29 is 14.2 Å². The van der Waals surface area contributed by atoms with E-state index >= 15 is 0 Å². The molecule has 21 heavy (non-hydrogen) atoms. The van der Waals surface area contributed by atoms with Crippen LogP contribution in [0.2, 0.25) is 0 Å². The van der Waals surface area contributed by atoms with Crippen LogP contribution in [0.4, 0.5) is 4.39 Å². The van der Waals surface area contributed by atoms with Crippen LogP contribution in [0, 0.1) is 19.7 Å². The van der Waals surface area contributed by atoms with Gasteiger partial charge >= 0.3 is 0 Å². The smallest absolute Gasteiger partial charge is 0.148 e. The molecule has 0 unspecified atom stereocenters. The molecule has 0 saturated heterocycles. The maximum atomic E-state index is 13.7. The predicted octanol–water partition coefficient (Wildman–Crippen LogP) is 4.25. The van der Waals surface area contributed by atoms with Crippen LogP contribution >= 0.6 is 0 Å². The molecule has 0 spiro atoms. The highest BCUT2D eigenvalue weighted by Gasteiger charge is 2.15. The fraction of sp³-hybridized carbons (Fsp3) is 0.353. The number of nitrogens with zero attached hydrogens (tertiary/aromatic N) is 1. The van der Waals surface area contributed by atoms with Crippen LogP contribution in [-0.4, -0.2) is 10.1 Å². The number of aliphatic hydroxyl groups excluding tert-OH is 1. The molecule has 1 atom stereocenters. The molecule has 1 aromatic carbocycles. The second kappa shape index (κ2) is 6.22. The fourth-order valence-corrected chi connectivity index (χ4v) is 2.15. The molecule has 1 aromatic heterocycles. The summed E-state index contributed by atoms with van der Waals surface area (Å²) in [7, 11) is 0. The van der Waals surface area contributed by atoms with Crippen LogP contribution in [0.5, 0.6) is 11.5 Å². The number of hydrogen-bond donors (Lipinski definition) is 1. The Balaban J connectivity index is 2.46. The first kappa shape index (κ1) is 15.4. The lowest BCUT2D eigenvalue weighted by Gasteiger charge is -2.16. The van der Waals surface area contributed by atoms with E-state index in [0.29, 0.717) is 22.6 Å². The van der Waals surface area contributed by atoms with Gasteiger partial charge in [0.15, 0.2) is 0 Å². The van der Waals surface area contributed by atoms with Gasteiger partial charge in [-0.25, -0.2) is 4.39 Å². The maximum Gasteiger partial charge on any atom is 0.148 e. The third-order valence-corrected chi connectivity index (χ3v) is 3.37. The van der Waals surface area contributed by atoms with E-state index in [4.69, 9.17) is 4.74 Å². The molecule has 4 heteroatoms. The molecule has 0 aliphatic heterocycles. The van der Waals surface area contributed by atoms with E-state index in [1.165, 1.54) is 6.07 Å². The Morgan fingerprint density at radius 2 is 1.95 bits per heavy atom. The lowest BCUT2D eigenvalue weighted by atomic mass is 10.1. The molecular weight excluding hydrogens is 269 g/mol. The minimum absolute atomic E-state index is 0.351. The van der Waals surface area contributed by atoms with Crippen LogP contribution in [0.15, 0.2) is 24.3 Å². The Kier molecular flexibility index (Phi) is 4.58. The number of ether oxygens (including phenoxy) is 1. The molecule has 112 valence electrons. The Bertz CT molecular complexity index is 653. The minimum Gasteiger partial charge on any atom is -0.455 e. The van der Waals surface area contributed by atoms with Crippen molar-refractivity contribution >= 4 is 0 Å². The van der Waals surface area contributed by atoms with Crippen LogP contribution < -0.4 is 4.74 Å². The Labute approximate surface area is 124 Å². The van der Waals surface area contributed by atoms with Gasteiger partial charge in [-0.05, 0) is 57.0 Å². The molecule has 0 aliphatic rings. The first-order chi connectivity index (χ1) is 9.92. The van der Waals surface area contributed by atoms with E-state index in [1.54, 1.807) is 19.9 Å². The Morgan fingerprint density at radius 1 is 1.24 bits per heavy atom. The second-order valence-electron chi connectivity index (χ2n) is 5.17. The number of hydrogen-bond acceptors (Lipinski definition) is 3. The quantitative estimate of drug-likeness (QED) is 0.915. The summed E-state index contributed by atoms with van der Waals surface area (Å²) in [5.41, 5.74) is 2.67. The normalized spacial score (nSPS) is 12.3. The van der Waals surface area contributed by atoms with Crippen LogP contribution in [0.25, 0.3) is 0 Å². The van der Waals surface area contributed by atoms with Crippen molar-refractivity contribution in [3.8, 4) is 11.5 Å². The highest BCUT2D eigenvalue weighted by Crippen LogP contribution is 2.33. The molecular formula is C17H20FNO2. The summed E-state index contributed by atoms with van der Waals surface area (Å²) in [6.07, 6.45) is -0.0696. The van der Waals surface area contributed by atoms with E-state index in [-0.39, 0.29) is 5.82 Å². The third-order valence-electron chi connectivity index (χ3n) is 3.37. The first-order valence-electron chi connectivity index (χ1n) is 7.04. The van der Waals surface area contributed by atoms with Crippen molar-refractivity contribution in [2.45, 2.75) is 40.2 Å². The molecule has 2 aromatic rings. The van der Waals surface area contributed by atoms with Crippen LogP contribution in [-0.2, 0) is 6.42 Å². The van der Waals surface area contributed by atoms with Gasteiger partial charge in [-0.15, -0.1) is 0 Å². The van der Waals surface area contributed by atoms with Gasteiger partial charge in [0.2, 0.25) is 0 Å². The number of halogens is 1. The average Bonchev–Trinajstić information content (AvgIpc) is 2.44. The van der Waals surface area contributed by atoms with E-state index in [1.807, 2.05) is 26.0 Å². The highest BCUT2D eigenvalue weighted by molar-refractivity contribution is 5.43. The fourth-order valence-electron chi connectivity index (χ4n) is 2.15. The van der Waals surface area contributed by atoms with Gasteiger partial charge in [-0.2, -0.15) is 0 Å². The third kappa shape index (κ3) is 3.39. The number of aryl methyl sites for hydroxylation is 3. The Morgan fingerprint density at radius 3 is 2.57 bits per heavy atom. The maximum absolute atomic E-state index is 13.7. The van der Waals surface area contributed by atoms with Gasteiger partial charge in [0.25, 0.3) is 0 Å². The standard InChI is InChI=1S/C17H20FNO2/c1-5-15-16(7-6-11(3)19-15)21-17-8-10(2)14(18)9-13(17)12(4)20/h6-9,12,20H,5H2,1-4H3/t12-/m0/s1. The molecule has 2 rings (SSSR count). The molecule has 0 radical (unpaired) electrons. The molecule has 0 aliphatic carbocycles. The van der Waals surface area contributed by atoms with Crippen molar-refractivity contribution in [1.82, 2.24) is 4.98 Å². The van der Waals surface area contributed by atoms with E-state index in [0.717, 1.165) is 17.8 Å². The summed E-state index contributed by atoms with van der Waals surface area (Å²) in [5, 5.41) is 9.81. The first-order valence-corrected chi connectivity index (χ1v) is 7.04. The van der Waals surface area contributed by atoms with Crippen molar-refractivity contribution in [1.29, 1.82) is 0 Å². The number of aliphatic hydroxyl groups is 1. The predicted molar refractivity (Wildman–Crippen MR) is 80.2 cm³/mol. The zero-order valence-corrected chi connectivity index (χ0v) is 12.8. The largest absolute Gasteiger partial charge is 0.455 e. The van der Waals surface area contributed by atoms with Crippen molar-refractivity contribution in [3.63, 3.8) is 0 Å². The zero-order chi connectivity index (χ0) is 15.6. The van der Waals surface area contributed by atoms with Gasteiger partial charge < -0.3 is 9.84 Å². The monoisotopic (exact) mass is 289 g/mol. The van der Waals surface area contributed by atoms with Gasteiger partial charge in [0.1, 0.15) is 17.3 Å². The molecule has 0 amide bonds.